The van der Waals surface area contributed by atoms with E-state index in [1.54, 1.807) is 31.5 Å². The number of hydrogen-bond acceptors (Lipinski definition) is 4. The van der Waals surface area contributed by atoms with E-state index in [1.165, 1.54) is 0 Å². The molecule has 0 saturated heterocycles. The number of methoxy groups -OCH3 is 1. The lowest BCUT2D eigenvalue weighted by molar-refractivity contribution is 0.415. The lowest BCUT2D eigenvalue weighted by Crippen LogP contribution is -2.23. The predicted molar refractivity (Wildman–Crippen MR) is 111 cm³/mol. The summed E-state index contributed by atoms with van der Waals surface area (Å²) < 4.78 is 33.2. The van der Waals surface area contributed by atoms with Gasteiger partial charge in [0, 0.05) is 18.3 Å². The van der Waals surface area contributed by atoms with Gasteiger partial charge in [0.1, 0.15) is 5.75 Å². The van der Waals surface area contributed by atoms with Crippen molar-refractivity contribution in [2.75, 3.05) is 7.11 Å². The zero-order chi connectivity index (χ0) is 20.1. The SMILES string of the molecule is COc1ccc(-c2ncccc2CNS(=O)(=O)c2ccc(C(C)C)cc2)cc1. The molecule has 3 rings (SSSR count). The second-order valence-electron chi connectivity index (χ2n) is 6.79. The molecule has 0 amide bonds. The molecule has 0 atom stereocenters. The van der Waals surface area contributed by atoms with E-state index in [1.807, 2.05) is 42.5 Å². The van der Waals surface area contributed by atoms with Gasteiger partial charge in [-0.25, -0.2) is 13.1 Å². The minimum absolute atomic E-state index is 0.156. The smallest absolute Gasteiger partial charge is 0.240 e. The fourth-order valence-electron chi connectivity index (χ4n) is 2.88. The van der Waals surface area contributed by atoms with Gasteiger partial charge in [-0.15, -0.1) is 0 Å². The summed E-state index contributed by atoms with van der Waals surface area (Å²) in [5.41, 5.74) is 3.54. The third-order valence-corrected chi connectivity index (χ3v) is 5.98. The summed E-state index contributed by atoms with van der Waals surface area (Å²) in [5.74, 6) is 1.11. The fraction of sp³-hybridized carbons (Fsp3) is 0.227. The van der Waals surface area contributed by atoms with Crippen LogP contribution >= 0.6 is 0 Å². The molecule has 0 spiro atoms. The van der Waals surface area contributed by atoms with Crippen LogP contribution in [-0.4, -0.2) is 20.5 Å². The lowest BCUT2D eigenvalue weighted by Gasteiger charge is -2.12. The van der Waals surface area contributed by atoms with Crippen LogP contribution in [0.5, 0.6) is 5.75 Å². The predicted octanol–water partition coefficient (Wildman–Crippen LogP) is 4.36. The summed E-state index contributed by atoms with van der Waals surface area (Å²) >= 11 is 0. The summed E-state index contributed by atoms with van der Waals surface area (Å²) in [6.07, 6.45) is 1.70. The van der Waals surface area contributed by atoms with Crippen molar-refractivity contribution in [2.45, 2.75) is 31.2 Å². The van der Waals surface area contributed by atoms with Gasteiger partial charge in [-0.3, -0.25) is 4.98 Å². The van der Waals surface area contributed by atoms with Crippen molar-refractivity contribution in [3.8, 4) is 17.0 Å². The minimum Gasteiger partial charge on any atom is -0.497 e. The number of sulfonamides is 1. The number of ether oxygens (including phenoxy) is 1. The second-order valence-corrected chi connectivity index (χ2v) is 8.55. The number of benzene rings is 2. The Kier molecular flexibility index (Phi) is 6.11. The monoisotopic (exact) mass is 396 g/mol. The van der Waals surface area contributed by atoms with E-state index < -0.39 is 10.0 Å². The molecule has 2 aromatic carbocycles. The van der Waals surface area contributed by atoms with Crippen LogP contribution in [0.1, 0.15) is 30.9 Å². The first-order valence-electron chi connectivity index (χ1n) is 9.08. The molecule has 0 fully saturated rings. The molecule has 146 valence electrons. The zero-order valence-electron chi connectivity index (χ0n) is 16.2. The Morgan fingerprint density at radius 3 is 2.29 bits per heavy atom. The van der Waals surface area contributed by atoms with Gasteiger partial charge in [-0.2, -0.15) is 0 Å². The average Bonchev–Trinajstić information content (AvgIpc) is 2.72. The van der Waals surface area contributed by atoms with Crippen molar-refractivity contribution in [1.29, 1.82) is 0 Å². The molecule has 0 unspecified atom stereocenters. The quantitative estimate of drug-likeness (QED) is 0.644. The Balaban J connectivity index is 1.80. The summed E-state index contributed by atoms with van der Waals surface area (Å²) in [7, 11) is -1.99. The Bertz CT molecular complexity index is 1030. The number of nitrogens with zero attached hydrogens (tertiary/aromatic N) is 1. The van der Waals surface area contributed by atoms with Crippen LogP contribution in [0.4, 0.5) is 0 Å². The molecule has 0 aliphatic rings. The Morgan fingerprint density at radius 1 is 1.00 bits per heavy atom. The summed E-state index contributed by atoms with van der Waals surface area (Å²) in [6, 6.07) is 18.2. The van der Waals surface area contributed by atoms with E-state index in [9.17, 15) is 8.42 Å². The van der Waals surface area contributed by atoms with Crippen LogP contribution in [-0.2, 0) is 16.6 Å². The average molecular weight is 397 g/mol. The fourth-order valence-corrected chi connectivity index (χ4v) is 3.88. The topological polar surface area (TPSA) is 68.3 Å². The van der Waals surface area contributed by atoms with Crippen LogP contribution in [0.2, 0.25) is 0 Å². The van der Waals surface area contributed by atoms with Crippen LogP contribution < -0.4 is 9.46 Å². The Labute approximate surface area is 166 Å². The van der Waals surface area contributed by atoms with Crippen molar-refractivity contribution in [2.24, 2.45) is 0 Å². The maximum Gasteiger partial charge on any atom is 0.240 e. The van der Waals surface area contributed by atoms with Crippen LogP contribution in [0.15, 0.2) is 71.8 Å². The molecule has 28 heavy (non-hydrogen) atoms. The van der Waals surface area contributed by atoms with Gasteiger partial charge < -0.3 is 4.74 Å². The van der Waals surface area contributed by atoms with E-state index in [2.05, 4.69) is 23.6 Å². The van der Waals surface area contributed by atoms with Crippen LogP contribution in [0.25, 0.3) is 11.3 Å². The highest BCUT2D eigenvalue weighted by Crippen LogP contribution is 2.24. The standard InChI is InChI=1S/C22H24N2O3S/c1-16(2)17-8-12-21(13-9-17)28(25,26)24-15-19-5-4-14-23-22(19)18-6-10-20(27-3)11-7-18/h4-14,16,24H,15H2,1-3H3. The first-order chi connectivity index (χ1) is 13.4. The molecule has 0 aliphatic carbocycles. The maximum absolute atomic E-state index is 12.7. The van der Waals surface area contributed by atoms with Gasteiger partial charge in [0.05, 0.1) is 17.7 Å². The molecule has 0 bridgehead atoms. The van der Waals surface area contributed by atoms with Gasteiger partial charge in [0.25, 0.3) is 0 Å². The Morgan fingerprint density at radius 2 is 1.68 bits per heavy atom. The molecule has 1 N–H and O–H groups in total. The first kappa shape index (κ1) is 20.0. The molecule has 3 aromatic rings. The third-order valence-electron chi connectivity index (χ3n) is 4.56. The normalized spacial score (nSPS) is 11.6. The van der Waals surface area contributed by atoms with Crippen molar-refractivity contribution < 1.29 is 13.2 Å². The second kappa shape index (κ2) is 8.54. The van der Waals surface area contributed by atoms with Crippen molar-refractivity contribution in [3.63, 3.8) is 0 Å². The Hall–Kier alpha value is -2.70. The first-order valence-corrected chi connectivity index (χ1v) is 10.6. The molecule has 6 heteroatoms. The van der Waals surface area contributed by atoms with Gasteiger partial charge in [-0.1, -0.05) is 32.0 Å². The van der Waals surface area contributed by atoms with Gasteiger partial charge in [-0.05, 0) is 59.5 Å². The molecule has 1 aromatic heterocycles. The highest BCUT2D eigenvalue weighted by Gasteiger charge is 2.16. The van der Waals surface area contributed by atoms with Crippen molar-refractivity contribution in [1.82, 2.24) is 9.71 Å². The molecule has 0 radical (unpaired) electrons. The number of pyridine rings is 1. The van der Waals surface area contributed by atoms with Gasteiger partial charge >= 0.3 is 0 Å². The van der Waals surface area contributed by atoms with Crippen molar-refractivity contribution >= 4 is 10.0 Å². The molecule has 0 saturated carbocycles. The molecular formula is C22H24N2O3S. The van der Waals surface area contributed by atoms with Crippen molar-refractivity contribution in [3.05, 3.63) is 78.0 Å². The van der Waals surface area contributed by atoms with E-state index in [0.717, 1.165) is 28.1 Å². The van der Waals surface area contributed by atoms with E-state index in [0.29, 0.717) is 5.92 Å². The third kappa shape index (κ3) is 4.58. The van der Waals surface area contributed by atoms with Crippen LogP contribution in [0, 0.1) is 0 Å². The molecular weight excluding hydrogens is 372 g/mol. The minimum atomic E-state index is -3.61. The number of rotatable bonds is 7. The van der Waals surface area contributed by atoms with Gasteiger partial charge in [0.15, 0.2) is 0 Å². The highest BCUT2D eigenvalue weighted by molar-refractivity contribution is 7.89. The number of nitrogens with one attached hydrogen (secondary N) is 1. The maximum atomic E-state index is 12.7. The molecule has 0 aliphatic heterocycles. The largest absolute Gasteiger partial charge is 0.497 e. The number of aromatic nitrogens is 1. The molecule has 5 nitrogen and oxygen atoms in total. The lowest BCUT2D eigenvalue weighted by atomic mass is 10.0. The summed E-state index contributed by atoms with van der Waals surface area (Å²) in [5, 5.41) is 0. The van der Waals surface area contributed by atoms with Gasteiger partial charge in [0.2, 0.25) is 10.0 Å². The van der Waals surface area contributed by atoms with E-state index in [4.69, 9.17) is 4.74 Å². The summed E-state index contributed by atoms with van der Waals surface area (Å²) in [6.45, 7) is 4.30. The van der Waals surface area contributed by atoms with E-state index >= 15 is 0 Å². The van der Waals surface area contributed by atoms with E-state index in [-0.39, 0.29) is 11.4 Å². The molecule has 1 heterocycles. The van der Waals surface area contributed by atoms with Crippen LogP contribution in [0.3, 0.4) is 0 Å². The zero-order valence-corrected chi connectivity index (χ0v) is 17.0. The number of hydrogen-bond donors (Lipinski definition) is 1. The highest BCUT2D eigenvalue weighted by atomic mass is 32.2. The summed E-state index contributed by atoms with van der Waals surface area (Å²) in [4.78, 5) is 4.69.